The van der Waals surface area contributed by atoms with Crippen molar-refractivity contribution in [1.29, 1.82) is 0 Å². The summed E-state index contributed by atoms with van der Waals surface area (Å²) in [6, 6.07) is 9.45. The molecule has 3 rings (SSSR count). The maximum atomic E-state index is 13.9. The maximum absolute atomic E-state index is 13.9. The van der Waals surface area contributed by atoms with E-state index in [1.807, 2.05) is 0 Å². The van der Waals surface area contributed by atoms with Gasteiger partial charge >= 0.3 is 6.18 Å². The minimum absolute atomic E-state index is 0.0536. The van der Waals surface area contributed by atoms with Gasteiger partial charge in [0.25, 0.3) is 5.91 Å². The van der Waals surface area contributed by atoms with Crippen molar-refractivity contribution in [2.45, 2.75) is 19.7 Å². The molecule has 0 radical (unpaired) electrons. The summed E-state index contributed by atoms with van der Waals surface area (Å²) in [5, 5.41) is 2.66. The average Bonchev–Trinajstić information content (AvgIpc) is 2.72. The number of amides is 1. The summed E-state index contributed by atoms with van der Waals surface area (Å²) in [5.41, 5.74) is 6.73. The third kappa shape index (κ3) is 5.33. The number of benzene rings is 2. The topological polar surface area (TPSA) is 86.5 Å². The van der Waals surface area contributed by atoms with E-state index >= 15 is 0 Å². The quantitative estimate of drug-likeness (QED) is 0.498. The van der Waals surface area contributed by atoms with E-state index in [0.717, 1.165) is 17.7 Å². The van der Waals surface area contributed by atoms with Crippen molar-refractivity contribution in [3.05, 3.63) is 76.7 Å². The third-order valence-corrected chi connectivity index (χ3v) is 4.47. The lowest BCUT2D eigenvalue weighted by molar-refractivity contribution is -0.137. The molecule has 0 saturated carbocycles. The van der Waals surface area contributed by atoms with E-state index in [4.69, 9.17) is 15.2 Å². The van der Waals surface area contributed by atoms with Gasteiger partial charge in [0.2, 0.25) is 0 Å². The van der Waals surface area contributed by atoms with Gasteiger partial charge in [0.1, 0.15) is 11.6 Å². The molecule has 0 fully saturated rings. The molecule has 3 aromatic rings. The number of carbonyl (C=O) groups excluding carboxylic acids is 1. The van der Waals surface area contributed by atoms with E-state index in [1.54, 1.807) is 13.0 Å². The van der Waals surface area contributed by atoms with Crippen LogP contribution in [0.4, 0.5) is 29.1 Å². The first kappa shape index (κ1) is 23.0. The second-order valence-electron chi connectivity index (χ2n) is 6.84. The summed E-state index contributed by atoms with van der Waals surface area (Å²) in [6.45, 7) is 2.04. The molecule has 0 spiro atoms. The molecule has 0 bridgehead atoms. The Morgan fingerprint density at radius 2 is 1.81 bits per heavy atom. The predicted octanol–water partition coefficient (Wildman–Crippen LogP) is 5.32. The fourth-order valence-electron chi connectivity index (χ4n) is 2.82. The highest BCUT2D eigenvalue weighted by atomic mass is 19.4. The minimum atomic E-state index is -4.65. The molecular weight excluding hydrogens is 430 g/mol. The zero-order chi connectivity index (χ0) is 23.5. The molecule has 0 aliphatic rings. The fourth-order valence-corrected chi connectivity index (χ4v) is 2.82. The summed E-state index contributed by atoms with van der Waals surface area (Å²) < 4.78 is 62.2. The number of nitrogen functional groups attached to an aromatic ring is 1. The van der Waals surface area contributed by atoms with E-state index < -0.39 is 23.5 Å². The molecular formula is C22H19F4N3O3. The zero-order valence-corrected chi connectivity index (χ0v) is 17.1. The molecule has 32 heavy (non-hydrogen) atoms. The Kier molecular flexibility index (Phi) is 6.64. The number of anilines is 2. The lowest BCUT2D eigenvalue weighted by Crippen LogP contribution is -2.16. The Balaban J connectivity index is 1.70. The summed E-state index contributed by atoms with van der Waals surface area (Å²) in [6.07, 6.45) is -4.65. The van der Waals surface area contributed by atoms with Crippen LogP contribution in [-0.4, -0.2) is 18.0 Å². The summed E-state index contributed by atoms with van der Waals surface area (Å²) in [4.78, 5) is 16.7. The largest absolute Gasteiger partial charge is 0.454 e. The molecule has 0 aliphatic heterocycles. The van der Waals surface area contributed by atoms with Gasteiger partial charge in [-0.2, -0.15) is 13.2 Å². The molecule has 1 aromatic heterocycles. The molecule has 10 heteroatoms. The van der Waals surface area contributed by atoms with E-state index in [2.05, 4.69) is 10.3 Å². The second-order valence-corrected chi connectivity index (χ2v) is 6.84. The maximum Gasteiger partial charge on any atom is 0.416 e. The van der Waals surface area contributed by atoms with Crippen molar-refractivity contribution in [2.24, 2.45) is 0 Å². The van der Waals surface area contributed by atoms with Crippen LogP contribution in [0, 0.1) is 12.7 Å². The van der Waals surface area contributed by atoms with Crippen molar-refractivity contribution >= 4 is 17.4 Å². The van der Waals surface area contributed by atoms with E-state index in [0.29, 0.717) is 17.4 Å². The molecule has 0 atom stereocenters. The SMILES string of the molecule is COCc1nc(N)c(C(=O)Nc2ccc(Oc3ccc(C(F)(F)F)cc3F)cc2)cc1C. The van der Waals surface area contributed by atoms with Crippen LogP contribution in [0.3, 0.4) is 0 Å². The van der Waals surface area contributed by atoms with Gasteiger partial charge < -0.3 is 20.5 Å². The molecule has 168 valence electrons. The lowest BCUT2D eigenvalue weighted by Gasteiger charge is -2.12. The van der Waals surface area contributed by atoms with Crippen LogP contribution in [0.5, 0.6) is 11.5 Å². The van der Waals surface area contributed by atoms with Gasteiger partial charge in [0, 0.05) is 12.8 Å². The molecule has 1 heterocycles. The number of nitrogens with one attached hydrogen (secondary N) is 1. The zero-order valence-electron chi connectivity index (χ0n) is 17.1. The van der Waals surface area contributed by atoms with E-state index in [-0.39, 0.29) is 29.5 Å². The Labute approximate surface area is 181 Å². The van der Waals surface area contributed by atoms with Crippen molar-refractivity contribution in [2.75, 3.05) is 18.2 Å². The van der Waals surface area contributed by atoms with E-state index in [9.17, 15) is 22.4 Å². The highest BCUT2D eigenvalue weighted by Crippen LogP contribution is 2.33. The number of methoxy groups -OCH3 is 1. The van der Waals surface area contributed by atoms with Gasteiger partial charge in [-0.15, -0.1) is 0 Å². The van der Waals surface area contributed by atoms with Crippen LogP contribution in [0.25, 0.3) is 0 Å². The Bertz CT molecular complexity index is 1130. The number of nitrogens with two attached hydrogens (primary N) is 1. The molecule has 3 N–H and O–H groups in total. The highest BCUT2D eigenvalue weighted by Gasteiger charge is 2.31. The van der Waals surface area contributed by atoms with Gasteiger partial charge in [-0.25, -0.2) is 9.37 Å². The standard InChI is InChI=1S/C22H19F4N3O3/c1-12-9-16(20(27)29-18(12)11-31-2)21(30)28-14-4-6-15(7-5-14)32-19-8-3-13(10-17(19)23)22(24,25)26/h3-10H,11H2,1-2H3,(H2,27,29)(H,28,30). The monoisotopic (exact) mass is 449 g/mol. The van der Waals surface area contributed by atoms with Crippen LogP contribution >= 0.6 is 0 Å². The molecule has 0 saturated heterocycles. The third-order valence-electron chi connectivity index (χ3n) is 4.47. The van der Waals surface area contributed by atoms with Gasteiger partial charge in [-0.3, -0.25) is 4.79 Å². The number of nitrogens with zero attached hydrogens (tertiary/aromatic N) is 1. The normalized spacial score (nSPS) is 11.3. The number of rotatable bonds is 6. The fraction of sp³-hybridized carbons (Fsp3) is 0.182. The number of halogens is 4. The number of carbonyl (C=O) groups is 1. The number of ether oxygens (including phenoxy) is 2. The number of hydrogen-bond donors (Lipinski definition) is 2. The van der Waals surface area contributed by atoms with Crippen LogP contribution < -0.4 is 15.8 Å². The first-order valence-corrected chi connectivity index (χ1v) is 9.29. The summed E-state index contributed by atoms with van der Waals surface area (Å²) in [5.74, 6) is -1.77. The predicted molar refractivity (Wildman–Crippen MR) is 110 cm³/mol. The van der Waals surface area contributed by atoms with Crippen LogP contribution in [0.1, 0.15) is 27.2 Å². The molecule has 0 aliphatic carbocycles. The number of pyridine rings is 1. The Morgan fingerprint density at radius 3 is 2.41 bits per heavy atom. The molecule has 2 aromatic carbocycles. The van der Waals surface area contributed by atoms with Crippen molar-refractivity contribution in [3.63, 3.8) is 0 Å². The molecule has 1 amide bonds. The van der Waals surface area contributed by atoms with Crippen LogP contribution in [0.2, 0.25) is 0 Å². The Morgan fingerprint density at radius 1 is 1.12 bits per heavy atom. The van der Waals surface area contributed by atoms with Gasteiger partial charge in [0.15, 0.2) is 11.6 Å². The number of aromatic nitrogens is 1. The van der Waals surface area contributed by atoms with Crippen molar-refractivity contribution in [1.82, 2.24) is 4.98 Å². The van der Waals surface area contributed by atoms with Gasteiger partial charge in [0.05, 0.1) is 23.4 Å². The first-order chi connectivity index (χ1) is 15.1. The smallest absolute Gasteiger partial charge is 0.416 e. The van der Waals surface area contributed by atoms with Crippen LogP contribution in [0.15, 0.2) is 48.5 Å². The first-order valence-electron chi connectivity index (χ1n) is 9.29. The summed E-state index contributed by atoms with van der Waals surface area (Å²) in [7, 11) is 1.53. The summed E-state index contributed by atoms with van der Waals surface area (Å²) >= 11 is 0. The van der Waals surface area contributed by atoms with Crippen molar-refractivity contribution < 1.29 is 31.8 Å². The second kappa shape index (κ2) is 9.23. The molecule has 6 nitrogen and oxygen atoms in total. The molecule has 0 unspecified atom stereocenters. The van der Waals surface area contributed by atoms with Gasteiger partial charge in [-0.05, 0) is 61.0 Å². The highest BCUT2D eigenvalue weighted by molar-refractivity contribution is 6.07. The lowest BCUT2D eigenvalue weighted by atomic mass is 10.1. The number of aryl methyl sites for hydroxylation is 1. The number of hydrogen-bond acceptors (Lipinski definition) is 5. The Hall–Kier alpha value is -3.66. The van der Waals surface area contributed by atoms with Crippen LogP contribution in [-0.2, 0) is 17.5 Å². The van der Waals surface area contributed by atoms with E-state index in [1.165, 1.54) is 31.4 Å². The van der Waals surface area contributed by atoms with Gasteiger partial charge in [-0.1, -0.05) is 0 Å². The minimum Gasteiger partial charge on any atom is -0.454 e. The number of alkyl halides is 3. The van der Waals surface area contributed by atoms with Crippen molar-refractivity contribution in [3.8, 4) is 11.5 Å². The average molecular weight is 449 g/mol.